The number of nitrogen functional groups attached to an aromatic ring is 2. The number of nitrogens with two attached hydrogens (primary N) is 2. The summed E-state index contributed by atoms with van der Waals surface area (Å²) in [6.45, 7) is 0.370. The summed E-state index contributed by atoms with van der Waals surface area (Å²) in [6.07, 6.45) is 2.39. The van der Waals surface area contributed by atoms with E-state index in [0.29, 0.717) is 35.9 Å². The minimum absolute atomic E-state index is 0.0138. The van der Waals surface area contributed by atoms with Crippen LogP contribution in [0.1, 0.15) is 28.9 Å². The van der Waals surface area contributed by atoms with Crippen molar-refractivity contribution in [3.63, 3.8) is 0 Å². The molecule has 0 aliphatic heterocycles. The number of hydrogen-bond donors (Lipinski definition) is 7. The predicted octanol–water partition coefficient (Wildman–Crippen LogP) is -0.724. The lowest BCUT2D eigenvalue weighted by atomic mass is 10.1. The van der Waals surface area contributed by atoms with Crippen molar-refractivity contribution in [1.29, 1.82) is 0 Å². The summed E-state index contributed by atoms with van der Waals surface area (Å²) in [5.41, 5.74) is 13.7. The molecule has 21 heteroatoms. The number of aliphatic carboxylic acids is 2. The molecule has 43 heavy (non-hydrogen) atoms. The van der Waals surface area contributed by atoms with Gasteiger partial charge in [0.15, 0.2) is 17.0 Å². The van der Waals surface area contributed by atoms with Crippen molar-refractivity contribution in [2.75, 3.05) is 35.9 Å². The van der Waals surface area contributed by atoms with Gasteiger partial charge in [-0.3, -0.25) is 18.7 Å². The maximum atomic E-state index is 12.4. The summed E-state index contributed by atoms with van der Waals surface area (Å²) in [6, 6.07) is 5.16. The molecule has 0 saturated carbocycles. The summed E-state index contributed by atoms with van der Waals surface area (Å²) in [5.74, 6) is -2.91. The van der Waals surface area contributed by atoms with Gasteiger partial charge >= 0.3 is 11.9 Å². The number of aromatic nitrogens is 4. The zero-order chi connectivity index (χ0) is 33.1. The molecule has 0 bridgehead atoms. The number of anilines is 3. The summed E-state index contributed by atoms with van der Waals surface area (Å²) < 4.78 is 51.7. The van der Waals surface area contributed by atoms with Crippen molar-refractivity contribution >= 4 is 66.7 Å². The van der Waals surface area contributed by atoms with E-state index in [2.05, 4.69) is 25.3 Å². The first-order valence-corrected chi connectivity index (χ1v) is 15.3. The normalized spacial score (nSPS) is 11.7. The van der Waals surface area contributed by atoms with Crippen LogP contribution in [0.5, 0.6) is 0 Å². The highest BCUT2D eigenvalue weighted by atomic mass is 32.2. The summed E-state index contributed by atoms with van der Waals surface area (Å²) >= 11 is 0. The van der Waals surface area contributed by atoms with Crippen LogP contribution >= 0.6 is 0 Å². The summed E-state index contributed by atoms with van der Waals surface area (Å²) in [7, 11) is -5.52. The number of nitrogens with zero attached hydrogens (tertiary/aromatic N) is 5. The number of benzene rings is 1. The van der Waals surface area contributed by atoms with Gasteiger partial charge in [-0.25, -0.2) is 14.8 Å². The highest BCUT2D eigenvalue weighted by molar-refractivity contribution is 7.85. The fourth-order valence-electron chi connectivity index (χ4n) is 3.03. The number of carbonyl (C=O) groups is 3. The van der Waals surface area contributed by atoms with E-state index >= 15 is 0 Å². The molecule has 9 N–H and O–H groups in total. The second-order valence-electron chi connectivity index (χ2n) is 8.67. The molecule has 0 fully saturated rings. The summed E-state index contributed by atoms with van der Waals surface area (Å²) in [5, 5.41) is 20.2. The molecule has 0 aliphatic carbocycles. The Morgan fingerprint density at radius 3 is 1.98 bits per heavy atom. The fourth-order valence-corrected chi connectivity index (χ4v) is 3.03. The Balaban J connectivity index is 0.000000798. The van der Waals surface area contributed by atoms with Crippen molar-refractivity contribution in [1.82, 2.24) is 25.3 Å². The van der Waals surface area contributed by atoms with Gasteiger partial charge in [0.25, 0.3) is 26.1 Å². The lowest BCUT2D eigenvalue weighted by molar-refractivity contribution is -0.140. The van der Waals surface area contributed by atoms with Gasteiger partial charge in [-0.05, 0) is 30.7 Å². The molecule has 1 atom stereocenters. The minimum Gasteiger partial charge on any atom is -0.481 e. The zero-order valence-electron chi connectivity index (χ0n) is 22.9. The molecule has 2 heterocycles. The third kappa shape index (κ3) is 15.2. The van der Waals surface area contributed by atoms with Crippen LogP contribution in [0.25, 0.3) is 11.2 Å². The van der Waals surface area contributed by atoms with Gasteiger partial charge < -0.3 is 31.9 Å². The third-order valence-electron chi connectivity index (χ3n) is 4.72. The topological polar surface area (TPSA) is 319 Å². The first-order chi connectivity index (χ1) is 19.6. The highest BCUT2D eigenvalue weighted by Crippen LogP contribution is 2.19. The number of carbonyl (C=O) groups excluding carboxylic acids is 1. The van der Waals surface area contributed by atoms with Gasteiger partial charge in [0.05, 0.1) is 30.9 Å². The first kappa shape index (κ1) is 36.3. The lowest BCUT2D eigenvalue weighted by Gasteiger charge is -2.19. The van der Waals surface area contributed by atoms with Gasteiger partial charge in [0.2, 0.25) is 5.95 Å². The molecule has 1 amide bonds. The molecule has 0 saturated heterocycles. The molecule has 3 rings (SSSR count). The number of nitrogens with one attached hydrogen (secondary N) is 1. The van der Waals surface area contributed by atoms with Crippen LogP contribution in [0.15, 0.2) is 30.5 Å². The van der Waals surface area contributed by atoms with Crippen LogP contribution < -0.4 is 21.7 Å². The van der Waals surface area contributed by atoms with Gasteiger partial charge in [-0.1, -0.05) is 0 Å². The Kier molecular flexibility index (Phi) is 13.1. The van der Waals surface area contributed by atoms with E-state index in [1.54, 1.807) is 18.3 Å². The Labute approximate surface area is 245 Å². The third-order valence-corrected chi connectivity index (χ3v) is 4.72. The Bertz CT molecular complexity index is 1620. The van der Waals surface area contributed by atoms with Gasteiger partial charge in [0, 0.05) is 24.7 Å². The van der Waals surface area contributed by atoms with E-state index in [1.807, 2.05) is 11.9 Å². The van der Waals surface area contributed by atoms with Crippen molar-refractivity contribution in [3.05, 3.63) is 41.7 Å². The minimum atomic E-state index is -3.67. The molecule has 1 unspecified atom stereocenters. The van der Waals surface area contributed by atoms with Crippen molar-refractivity contribution in [3.8, 4) is 0 Å². The first-order valence-electron chi connectivity index (χ1n) is 11.6. The maximum absolute atomic E-state index is 12.4. The van der Waals surface area contributed by atoms with E-state index in [0.717, 1.165) is 5.69 Å². The molecule has 19 nitrogen and oxygen atoms in total. The number of carboxylic acids is 2. The molecule has 0 radical (unpaired) electrons. The SMILES string of the molecule is CN(Cc1cnc2nc(N)nc(N)c2n1)c1ccc(C(=O)NC(CCC(=O)O)C(=O)O)cc1.CS(=O)(=O)O.CS(=O)(=O)O. The van der Waals surface area contributed by atoms with Gasteiger partial charge in [-0.15, -0.1) is 0 Å². The monoisotopic (exact) mass is 646 g/mol. The number of fused-ring (bicyclic) bond motifs is 1. The average Bonchev–Trinajstić information content (AvgIpc) is 2.84. The van der Waals surface area contributed by atoms with Crippen molar-refractivity contribution < 1.29 is 50.5 Å². The van der Waals surface area contributed by atoms with E-state index in [1.165, 1.54) is 12.1 Å². The number of carboxylic acid groups (broad SMARTS) is 2. The maximum Gasteiger partial charge on any atom is 0.326 e. The molecule has 3 aromatic rings. The molecular formula is C22H30N8O11S2. The van der Waals surface area contributed by atoms with Crippen LogP contribution in [0.4, 0.5) is 17.5 Å². The molecule has 0 aliphatic rings. The van der Waals surface area contributed by atoms with Crippen LogP contribution in [-0.4, -0.2) is 99.5 Å². The fraction of sp³-hybridized carbons (Fsp3) is 0.318. The van der Waals surface area contributed by atoms with E-state index < -0.39 is 44.1 Å². The van der Waals surface area contributed by atoms with Crippen molar-refractivity contribution in [2.24, 2.45) is 0 Å². The van der Waals surface area contributed by atoms with Crippen LogP contribution in [0.3, 0.4) is 0 Å². The predicted molar refractivity (Wildman–Crippen MR) is 153 cm³/mol. The quantitative estimate of drug-likeness (QED) is 0.141. The van der Waals surface area contributed by atoms with Gasteiger partial charge in [-0.2, -0.15) is 26.8 Å². The number of rotatable bonds is 9. The summed E-state index contributed by atoms with van der Waals surface area (Å²) in [4.78, 5) is 52.7. The van der Waals surface area contributed by atoms with Crippen LogP contribution in [-0.2, 0) is 36.4 Å². The van der Waals surface area contributed by atoms with Crippen LogP contribution in [0, 0.1) is 0 Å². The largest absolute Gasteiger partial charge is 0.481 e. The lowest BCUT2D eigenvalue weighted by Crippen LogP contribution is -2.41. The Morgan fingerprint density at radius 1 is 0.953 bits per heavy atom. The Hall–Kier alpha value is -4.73. The molecule has 236 valence electrons. The highest BCUT2D eigenvalue weighted by Gasteiger charge is 2.21. The second-order valence-corrected chi connectivity index (χ2v) is 11.6. The number of hydrogen-bond acceptors (Lipinski definition) is 14. The van der Waals surface area contributed by atoms with Crippen molar-refractivity contribution in [2.45, 2.75) is 25.4 Å². The smallest absolute Gasteiger partial charge is 0.326 e. The molecule has 0 spiro atoms. The number of amides is 1. The second kappa shape index (κ2) is 15.5. The van der Waals surface area contributed by atoms with Gasteiger partial charge in [0.1, 0.15) is 6.04 Å². The average molecular weight is 647 g/mol. The zero-order valence-corrected chi connectivity index (χ0v) is 24.6. The molecular weight excluding hydrogens is 616 g/mol. The van der Waals surface area contributed by atoms with Crippen LogP contribution in [0.2, 0.25) is 0 Å². The molecule has 1 aromatic carbocycles. The standard InChI is InChI=1S/C20H22N8O5.2CH4O3S/c1-28(9-11-8-23-17-15(24-11)16(21)26-20(22)27-17)12-4-2-10(3-5-12)18(31)25-13(19(32)33)6-7-14(29)30;2*1-5(2,3)4/h2-5,8,13H,6-7,9H2,1H3,(H,25,31)(H,29,30)(H,32,33)(H4,21,22,23,26,27);2*1H3,(H,2,3,4). The Morgan fingerprint density at radius 2 is 1.49 bits per heavy atom. The molecule has 2 aromatic heterocycles. The van der Waals surface area contributed by atoms with E-state index in [4.69, 9.17) is 25.7 Å². The van der Waals surface area contributed by atoms with E-state index in [9.17, 15) is 36.3 Å². The van der Waals surface area contributed by atoms with E-state index in [-0.39, 0.29) is 30.2 Å².